The third-order valence-electron chi connectivity index (χ3n) is 2.17. The molecule has 0 amide bonds. The second-order valence-electron chi connectivity index (χ2n) is 3.00. The molecule has 1 heterocycles. The van der Waals surface area contributed by atoms with Gasteiger partial charge in [-0.2, -0.15) is 0 Å². The highest BCUT2D eigenvalue weighted by molar-refractivity contribution is 6.24. The van der Waals surface area contributed by atoms with E-state index in [0.29, 0.717) is 0 Å². The smallest absolute Gasteiger partial charge is 0.248 e. The van der Waals surface area contributed by atoms with Crippen molar-refractivity contribution in [1.82, 2.24) is 4.98 Å². The molecule has 76 valence electrons. The molecule has 2 rings (SSSR count). The van der Waals surface area contributed by atoms with Crippen molar-refractivity contribution in [2.24, 2.45) is 5.73 Å². The van der Waals surface area contributed by atoms with Gasteiger partial charge in [-0.05, 0) is 12.1 Å². The molecule has 1 aromatic rings. The second-order valence-corrected chi connectivity index (χ2v) is 3.00. The predicted octanol–water partition coefficient (Wildman–Crippen LogP) is 0.277. The zero-order chi connectivity index (χ0) is 11.0. The number of nitrogens with zero attached hydrogens (tertiary/aromatic N) is 1. The second kappa shape index (κ2) is 3.20. The summed E-state index contributed by atoms with van der Waals surface area (Å²) in [5, 5.41) is 0. The van der Waals surface area contributed by atoms with Gasteiger partial charge in [0.25, 0.3) is 0 Å². The average molecular weight is 204 g/mol. The van der Waals surface area contributed by atoms with Gasteiger partial charge in [0.2, 0.25) is 11.6 Å². The maximum absolute atomic E-state index is 11.7. The number of ketones is 2. The molecule has 5 nitrogen and oxygen atoms in total. The fourth-order valence-corrected chi connectivity index (χ4v) is 1.45. The lowest BCUT2D eigenvalue weighted by Crippen LogP contribution is -2.28. The molecule has 1 aliphatic carbocycles. The van der Waals surface area contributed by atoms with Crippen LogP contribution in [0.2, 0.25) is 0 Å². The Bertz CT molecular complexity index is 491. The minimum Gasteiger partial charge on any atom is -0.491 e. The Morgan fingerprint density at radius 2 is 2.07 bits per heavy atom. The van der Waals surface area contributed by atoms with Crippen LogP contribution in [0.15, 0.2) is 29.8 Å². The van der Waals surface area contributed by atoms with Crippen LogP contribution in [0, 0.1) is 0 Å². The highest BCUT2D eigenvalue weighted by Gasteiger charge is 2.32. The molecule has 1 aliphatic rings. The molecule has 0 unspecified atom stereocenters. The summed E-state index contributed by atoms with van der Waals surface area (Å²) in [6.45, 7) is 0. The molecule has 0 saturated heterocycles. The van der Waals surface area contributed by atoms with Crippen molar-refractivity contribution in [2.45, 2.75) is 0 Å². The summed E-state index contributed by atoms with van der Waals surface area (Å²) in [5.74, 6) is -1.01. The Kier molecular flexibility index (Phi) is 2.00. The van der Waals surface area contributed by atoms with Crippen molar-refractivity contribution in [3.8, 4) is 0 Å². The Hall–Kier alpha value is -2.17. The maximum Gasteiger partial charge on any atom is 0.248 e. The first kappa shape index (κ1) is 9.39. The molecule has 1 aromatic heterocycles. The van der Waals surface area contributed by atoms with E-state index in [1.54, 1.807) is 6.07 Å². The number of ether oxygens (including phenoxy) is 1. The zero-order valence-corrected chi connectivity index (χ0v) is 7.98. The monoisotopic (exact) mass is 204 g/mol. The van der Waals surface area contributed by atoms with Gasteiger partial charge in [0.15, 0.2) is 5.76 Å². The first-order valence-electron chi connectivity index (χ1n) is 4.25. The van der Waals surface area contributed by atoms with E-state index >= 15 is 0 Å². The van der Waals surface area contributed by atoms with E-state index < -0.39 is 11.6 Å². The molecule has 0 aromatic carbocycles. The molecule has 5 heteroatoms. The number of pyridine rings is 1. The van der Waals surface area contributed by atoms with Crippen molar-refractivity contribution in [2.75, 3.05) is 7.11 Å². The number of hydrogen-bond donors (Lipinski definition) is 1. The van der Waals surface area contributed by atoms with Crippen molar-refractivity contribution >= 4 is 11.6 Å². The fourth-order valence-electron chi connectivity index (χ4n) is 1.45. The summed E-state index contributed by atoms with van der Waals surface area (Å²) in [5.41, 5.74) is 5.65. The molecule has 2 N–H and O–H groups in total. The van der Waals surface area contributed by atoms with Crippen LogP contribution in [-0.4, -0.2) is 23.7 Å². The quantitative estimate of drug-likeness (QED) is 0.710. The van der Waals surface area contributed by atoms with Gasteiger partial charge in [-0.15, -0.1) is 0 Å². The van der Waals surface area contributed by atoms with Gasteiger partial charge in [-0.25, -0.2) is 0 Å². The number of rotatable bonds is 1. The standard InChI is InChI=1S/C10H8N2O3/c1-15-10-6(11)8(13)5-3-2-4-12-7(5)9(10)14/h2-4H,11H2,1H3. The summed E-state index contributed by atoms with van der Waals surface area (Å²) in [6, 6.07) is 3.09. The van der Waals surface area contributed by atoms with Crippen molar-refractivity contribution in [1.29, 1.82) is 0 Å². The zero-order valence-electron chi connectivity index (χ0n) is 7.98. The lowest BCUT2D eigenvalue weighted by atomic mass is 9.96. The van der Waals surface area contributed by atoms with E-state index in [2.05, 4.69) is 4.98 Å². The molecule has 0 fully saturated rings. The van der Waals surface area contributed by atoms with E-state index in [0.717, 1.165) is 0 Å². The summed E-state index contributed by atoms with van der Waals surface area (Å²) < 4.78 is 4.79. The fraction of sp³-hybridized carbons (Fsp3) is 0.100. The van der Waals surface area contributed by atoms with Gasteiger partial charge in [0, 0.05) is 6.20 Å². The van der Waals surface area contributed by atoms with Crippen LogP contribution in [0.4, 0.5) is 0 Å². The number of Topliss-reactive ketones (excluding diaryl/α,β-unsaturated/α-hetero) is 2. The van der Waals surface area contributed by atoms with E-state index in [4.69, 9.17) is 10.5 Å². The molecule has 0 spiro atoms. The van der Waals surface area contributed by atoms with Crippen LogP contribution in [0.1, 0.15) is 20.8 Å². The number of aromatic nitrogens is 1. The van der Waals surface area contributed by atoms with Crippen LogP contribution in [0.5, 0.6) is 0 Å². The Morgan fingerprint density at radius 3 is 2.73 bits per heavy atom. The van der Waals surface area contributed by atoms with Gasteiger partial charge in [-0.3, -0.25) is 14.6 Å². The molecular weight excluding hydrogens is 196 g/mol. The molecule has 0 saturated carbocycles. The van der Waals surface area contributed by atoms with Crippen LogP contribution < -0.4 is 5.73 Å². The van der Waals surface area contributed by atoms with Gasteiger partial charge in [0.05, 0.1) is 12.7 Å². The number of hydrogen-bond acceptors (Lipinski definition) is 5. The molecule has 0 aliphatic heterocycles. The molecular formula is C10H8N2O3. The third-order valence-corrected chi connectivity index (χ3v) is 2.17. The SMILES string of the molecule is COC1=C(N)C(=O)c2cccnc2C1=O. The van der Waals surface area contributed by atoms with Crippen LogP contribution in [-0.2, 0) is 4.74 Å². The number of carbonyl (C=O) groups excluding carboxylic acids is 2. The summed E-state index contributed by atoms with van der Waals surface area (Å²) in [6.07, 6.45) is 1.44. The predicted molar refractivity (Wildman–Crippen MR) is 51.1 cm³/mol. The summed E-state index contributed by atoms with van der Waals surface area (Å²) >= 11 is 0. The topological polar surface area (TPSA) is 82.3 Å². The molecule has 15 heavy (non-hydrogen) atoms. The first-order valence-corrected chi connectivity index (χ1v) is 4.25. The van der Waals surface area contributed by atoms with Crippen molar-refractivity contribution < 1.29 is 14.3 Å². The van der Waals surface area contributed by atoms with Crippen LogP contribution in [0.3, 0.4) is 0 Å². The van der Waals surface area contributed by atoms with E-state index in [-0.39, 0.29) is 22.7 Å². The Morgan fingerprint density at radius 1 is 1.33 bits per heavy atom. The molecule has 0 radical (unpaired) electrons. The van der Waals surface area contributed by atoms with E-state index in [1.807, 2.05) is 0 Å². The van der Waals surface area contributed by atoms with Crippen LogP contribution in [0.25, 0.3) is 0 Å². The highest BCUT2D eigenvalue weighted by Crippen LogP contribution is 2.22. The third kappa shape index (κ3) is 1.20. The van der Waals surface area contributed by atoms with Gasteiger partial charge >= 0.3 is 0 Å². The van der Waals surface area contributed by atoms with E-state index in [1.165, 1.54) is 19.4 Å². The lowest BCUT2D eigenvalue weighted by Gasteiger charge is -2.15. The van der Waals surface area contributed by atoms with Crippen LogP contribution >= 0.6 is 0 Å². The van der Waals surface area contributed by atoms with Crippen molar-refractivity contribution in [3.05, 3.63) is 41.0 Å². The van der Waals surface area contributed by atoms with E-state index in [9.17, 15) is 9.59 Å². The summed E-state index contributed by atoms with van der Waals surface area (Å²) in [4.78, 5) is 27.2. The Balaban J connectivity index is 2.68. The summed E-state index contributed by atoms with van der Waals surface area (Å²) in [7, 11) is 1.29. The van der Waals surface area contributed by atoms with Crippen molar-refractivity contribution in [3.63, 3.8) is 0 Å². The first-order chi connectivity index (χ1) is 7.16. The minimum atomic E-state index is -0.454. The van der Waals surface area contributed by atoms with Gasteiger partial charge in [0.1, 0.15) is 11.4 Å². The number of methoxy groups -OCH3 is 1. The van der Waals surface area contributed by atoms with Gasteiger partial charge < -0.3 is 10.5 Å². The molecule has 0 atom stereocenters. The normalized spacial score (nSPS) is 15.3. The number of allylic oxidation sites excluding steroid dienone is 2. The average Bonchev–Trinajstić information content (AvgIpc) is 2.27. The maximum atomic E-state index is 11.7. The minimum absolute atomic E-state index is 0.0913. The number of carbonyl (C=O) groups is 2. The van der Waals surface area contributed by atoms with Gasteiger partial charge in [-0.1, -0.05) is 0 Å². The lowest BCUT2D eigenvalue weighted by molar-refractivity contribution is 0.0900. The highest BCUT2D eigenvalue weighted by atomic mass is 16.5. The number of nitrogens with two attached hydrogens (primary N) is 1. The largest absolute Gasteiger partial charge is 0.491 e. The molecule has 0 bridgehead atoms. The number of fused-ring (bicyclic) bond motifs is 1. The Labute approximate surface area is 85.6 Å².